The number of rotatable bonds is 3. The summed E-state index contributed by atoms with van der Waals surface area (Å²) < 4.78 is 11.2. The number of aliphatic hydroxyl groups excluding tert-OH is 1. The summed E-state index contributed by atoms with van der Waals surface area (Å²) in [5, 5.41) is 27.2. The van der Waals surface area contributed by atoms with E-state index in [0.29, 0.717) is 33.9 Å². The molecule has 0 saturated carbocycles. The third-order valence-electron chi connectivity index (χ3n) is 5.30. The molecule has 30 heavy (non-hydrogen) atoms. The molecule has 2 aromatic carbocycles. The van der Waals surface area contributed by atoms with Crippen LogP contribution in [0.15, 0.2) is 53.1 Å². The summed E-state index contributed by atoms with van der Waals surface area (Å²) >= 11 is 0. The average Bonchev–Trinajstić information content (AvgIpc) is 3.13. The molecule has 0 fully saturated rings. The maximum atomic E-state index is 13.3. The van der Waals surface area contributed by atoms with Crippen LogP contribution < -0.4 is 10.1 Å². The van der Waals surface area contributed by atoms with Gasteiger partial charge in [0, 0.05) is 11.1 Å². The van der Waals surface area contributed by atoms with E-state index < -0.39 is 23.7 Å². The lowest BCUT2D eigenvalue weighted by Gasteiger charge is -2.42. The van der Waals surface area contributed by atoms with Crippen LogP contribution in [0.1, 0.15) is 47.1 Å². The quantitative estimate of drug-likeness (QED) is 0.693. The van der Waals surface area contributed by atoms with Gasteiger partial charge in [0.05, 0.1) is 17.7 Å². The normalized spacial score (nSPS) is 19.3. The fourth-order valence-electron chi connectivity index (χ4n) is 3.67. The monoisotopic (exact) mass is 403 g/mol. The van der Waals surface area contributed by atoms with Gasteiger partial charge in [-0.1, -0.05) is 35.5 Å². The minimum Gasteiger partial charge on any atom is -0.485 e. The number of benzene rings is 2. The van der Waals surface area contributed by atoms with Crippen molar-refractivity contribution >= 4 is 5.91 Å². The number of ether oxygens (including phenoxy) is 1. The summed E-state index contributed by atoms with van der Waals surface area (Å²) in [4.78, 5) is 13.3. The van der Waals surface area contributed by atoms with Crippen molar-refractivity contribution in [3.63, 3.8) is 0 Å². The van der Waals surface area contributed by atoms with E-state index in [1.807, 2.05) is 30.3 Å². The van der Waals surface area contributed by atoms with E-state index in [2.05, 4.69) is 16.5 Å². The highest BCUT2D eigenvalue weighted by Gasteiger charge is 2.44. The van der Waals surface area contributed by atoms with Crippen molar-refractivity contribution in [1.29, 1.82) is 5.26 Å². The van der Waals surface area contributed by atoms with Gasteiger partial charge in [0.25, 0.3) is 5.91 Å². The van der Waals surface area contributed by atoms with Gasteiger partial charge >= 0.3 is 0 Å². The molecule has 2 atom stereocenters. The van der Waals surface area contributed by atoms with Gasteiger partial charge < -0.3 is 19.7 Å². The minimum absolute atomic E-state index is 0.302. The lowest BCUT2D eigenvalue weighted by atomic mass is 9.85. The third-order valence-corrected chi connectivity index (χ3v) is 5.30. The van der Waals surface area contributed by atoms with Gasteiger partial charge in [-0.2, -0.15) is 5.26 Å². The highest BCUT2D eigenvalue weighted by molar-refractivity contribution is 6.01. The Bertz CT molecular complexity index is 1150. The van der Waals surface area contributed by atoms with Gasteiger partial charge in [0.1, 0.15) is 34.5 Å². The van der Waals surface area contributed by atoms with Gasteiger partial charge in [-0.25, -0.2) is 0 Å². The van der Waals surface area contributed by atoms with Crippen LogP contribution in [-0.4, -0.2) is 27.9 Å². The van der Waals surface area contributed by atoms with Gasteiger partial charge in [0.2, 0.25) is 0 Å². The lowest BCUT2D eigenvalue weighted by molar-refractivity contribution is -0.0627. The van der Waals surface area contributed by atoms with E-state index in [9.17, 15) is 15.2 Å². The largest absolute Gasteiger partial charge is 0.485 e. The number of nitriles is 1. The molecule has 0 bridgehead atoms. The maximum absolute atomic E-state index is 13.3. The zero-order chi connectivity index (χ0) is 21.5. The number of nitrogens with zero attached hydrogens (tertiary/aromatic N) is 2. The van der Waals surface area contributed by atoms with Crippen LogP contribution >= 0.6 is 0 Å². The SMILES string of the molecule is Cc1onc(-c2ccccc2)c1C(=O)N[C@@H]1c2cc(C#N)ccc2OC(C)(C)[C@H]1O. The molecule has 1 aliphatic heterocycles. The summed E-state index contributed by atoms with van der Waals surface area (Å²) in [5.74, 6) is 0.459. The number of fused-ring (bicyclic) bond motifs is 1. The van der Waals surface area contributed by atoms with Crippen molar-refractivity contribution in [1.82, 2.24) is 10.5 Å². The summed E-state index contributed by atoms with van der Waals surface area (Å²) in [6.07, 6.45) is -1.04. The molecule has 0 saturated heterocycles. The first-order valence-corrected chi connectivity index (χ1v) is 9.55. The Labute approximate surface area is 173 Å². The molecule has 7 heteroatoms. The minimum atomic E-state index is -1.04. The number of carbonyl (C=O) groups is 1. The number of hydrogen-bond acceptors (Lipinski definition) is 6. The predicted octanol–water partition coefficient (Wildman–Crippen LogP) is 3.52. The zero-order valence-electron chi connectivity index (χ0n) is 16.8. The smallest absolute Gasteiger partial charge is 0.257 e. The second-order valence-electron chi connectivity index (χ2n) is 7.79. The second kappa shape index (κ2) is 7.32. The fourth-order valence-corrected chi connectivity index (χ4v) is 3.67. The first-order valence-electron chi connectivity index (χ1n) is 9.55. The van der Waals surface area contributed by atoms with E-state index in [-0.39, 0.29) is 0 Å². The lowest BCUT2D eigenvalue weighted by Crippen LogP contribution is -2.53. The number of carbonyl (C=O) groups excluding carboxylic acids is 1. The molecule has 0 spiro atoms. The molecule has 1 aromatic heterocycles. The van der Waals surface area contributed by atoms with Crippen LogP contribution in [0.3, 0.4) is 0 Å². The number of amides is 1. The molecule has 2 heterocycles. The van der Waals surface area contributed by atoms with Crippen LogP contribution in [0.2, 0.25) is 0 Å². The molecule has 7 nitrogen and oxygen atoms in total. The summed E-state index contributed by atoms with van der Waals surface area (Å²) in [5.41, 5.74) is 1.50. The van der Waals surface area contributed by atoms with Gasteiger partial charge in [-0.3, -0.25) is 4.79 Å². The van der Waals surface area contributed by atoms with Gasteiger partial charge in [-0.05, 0) is 39.0 Å². The van der Waals surface area contributed by atoms with Gasteiger partial charge in [0.15, 0.2) is 0 Å². The molecule has 4 rings (SSSR count). The van der Waals surface area contributed by atoms with Crippen molar-refractivity contribution in [2.75, 3.05) is 0 Å². The van der Waals surface area contributed by atoms with Crippen molar-refractivity contribution in [3.8, 4) is 23.1 Å². The molecule has 0 unspecified atom stereocenters. The van der Waals surface area contributed by atoms with E-state index in [1.165, 1.54) is 0 Å². The van der Waals surface area contributed by atoms with Crippen LogP contribution in [0, 0.1) is 18.3 Å². The molecular weight excluding hydrogens is 382 g/mol. The highest BCUT2D eigenvalue weighted by atomic mass is 16.5. The summed E-state index contributed by atoms with van der Waals surface area (Å²) in [6.45, 7) is 5.16. The van der Waals surface area contributed by atoms with E-state index in [4.69, 9.17) is 9.26 Å². The van der Waals surface area contributed by atoms with Gasteiger partial charge in [-0.15, -0.1) is 0 Å². The van der Waals surface area contributed by atoms with E-state index in [1.54, 1.807) is 39.0 Å². The van der Waals surface area contributed by atoms with Crippen molar-refractivity contribution < 1.29 is 19.2 Å². The fraction of sp³-hybridized carbons (Fsp3) is 0.261. The molecule has 1 amide bonds. The molecule has 2 N–H and O–H groups in total. The Balaban J connectivity index is 1.74. The number of aliphatic hydroxyl groups is 1. The van der Waals surface area contributed by atoms with Crippen LogP contribution in [0.25, 0.3) is 11.3 Å². The number of aryl methyl sites for hydroxylation is 1. The standard InChI is InChI=1S/C23H21N3O4/c1-13-18(19(26-30-13)15-7-5-4-6-8-15)22(28)25-20-16-11-14(12-24)9-10-17(16)29-23(2,3)21(20)27/h4-11,20-21,27H,1-3H3,(H,25,28)/t20-,21+/m1/s1. The zero-order valence-corrected chi connectivity index (χ0v) is 16.8. The maximum Gasteiger partial charge on any atom is 0.257 e. The Morgan fingerprint density at radius 1 is 1.23 bits per heavy atom. The third kappa shape index (κ3) is 3.31. The van der Waals surface area contributed by atoms with E-state index >= 15 is 0 Å². The van der Waals surface area contributed by atoms with Crippen LogP contribution in [0.4, 0.5) is 0 Å². The van der Waals surface area contributed by atoms with E-state index in [0.717, 1.165) is 5.56 Å². The molecule has 0 radical (unpaired) electrons. The second-order valence-corrected chi connectivity index (χ2v) is 7.79. The predicted molar refractivity (Wildman–Crippen MR) is 109 cm³/mol. The first-order chi connectivity index (χ1) is 14.3. The van der Waals surface area contributed by atoms with Crippen molar-refractivity contribution in [2.24, 2.45) is 0 Å². The Morgan fingerprint density at radius 2 is 1.97 bits per heavy atom. The average molecular weight is 403 g/mol. The highest BCUT2D eigenvalue weighted by Crippen LogP contribution is 2.40. The summed E-state index contributed by atoms with van der Waals surface area (Å²) in [7, 11) is 0. The topological polar surface area (TPSA) is 108 Å². The van der Waals surface area contributed by atoms with Crippen LogP contribution in [-0.2, 0) is 0 Å². The summed E-state index contributed by atoms with van der Waals surface area (Å²) in [6, 6.07) is 15.5. The first kappa shape index (κ1) is 19.7. The molecule has 3 aromatic rings. The molecule has 0 aliphatic carbocycles. The molecular formula is C23H21N3O4. The number of hydrogen-bond donors (Lipinski definition) is 2. The Morgan fingerprint density at radius 3 is 2.67 bits per heavy atom. The van der Waals surface area contributed by atoms with Crippen molar-refractivity contribution in [2.45, 2.75) is 38.5 Å². The Kier molecular flexibility index (Phi) is 4.80. The number of aromatic nitrogens is 1. The molecule has 152 valence electrons. The van der Waals surface area contributed by atoms with Crippen LogP contribution in [0.5, 0.6) is 5.75 Å². The number of nitrogens with one attached hydrogen (secondary N) is 1. The molecule has 1 aliphatic rings. The van der Waals surface area contributed by atoms with Crippen molar-refractivity contribution in [3.05, 3.63) is 71.0 Å². The Hall–Kier alpha value is -3.63.